The van der Waals surface area contributed by atoms with Gasteiger partial charge in [0.1, 0.15) is 11.7 Å². The second-order valence-corrected chi connectivity index (χ2v) is 7.80. The first-order chi connectivity index (χ1) is 14.7. The molecule has 0 fully saturated rings. The molecule has 31 heavy (non-hydrogen) atoms. The zero-order chi connectivity index (χ0) is 22.7. The highest BCUT2D eigenvalue weighted by molar-refractivity contribution is 6.30. The van der Waals surface area contributed by atoms with E-state index in [1.807, 2.05) is 32.0 Å². The van der Waals surface area contributed by atoms with E-state index in [1.165, 1.54) is 13.0 Å². The molecule has 1 heterocycles. The van der Waals surface area contributed by atoms with Gasteiger partial charge in [-0.15, -0.1) is 0 Å². The van der Waals surface area contributed by atoms with E-state index in [-0.39, 0.29) is 5.69 Å². The molecule has 1 atom stereocenters. The smallest absolute Gasteiger partial charge is 0.291 e. The van der Waals surface area contributed by atoms with E-state index in [0.29, 0.717) is 22.0 Å². The van der Waals surface area contributed by atoms with Gasteiger partial charge in [-0.2, -0.15) is 5.10 Å². The van der Waals surface area contributed by atoms with Gasteiger partial charge in [-0.05, 0) is 56.2 Å². The minimum atomic E-state index is -0.924. The van der Waals surface area contributed by atoms with Crippen molar-refractivity contribution in [3.05, 3.63) is 75.0 Å². The van der Waals surface area contributed by atoms with Crippen molar-refractivity contribution in [2.24, 2.45) is 0 Å². The van der Waals surface area contributed by atoms with Crippen LogP contribution in [0, 0.1) is 13.8 Å². The van der Waals surface area contributed by atoms with Crippen molar-refractivity contribution in [2.75, 3.05) is 10.6 Å². The molecule has 0 aliphatic carbocycles. The molecule has 2 amide bonds. The number of aromatic nitrogens is 2. The lowest BCUT2D eigenvalue weighted by Crippen LogP contribution is -2.35. The summed E-state index contributed by atoms with van der Waals surface area (Å²) < 4.78 is 1.08. The number of carbonyl (C=O) groups excluding carboxylic acids is 2. The Balaban J connectivity index is 2.03. The predicted octanol–water partition coefficient (Wildman–Crippen LogP) is 4.34. The molecule has 0 aliphatic rings. The Labute approximate surface area is 185 Å². The highest BCUT2D eigenvalue weighted by atomic mass is 35.5. The summed E-state index contributed by atoms with van der Waals surface area (Å²) in [4.78, 5) is 37.5. The van der Waals surface area contributed by atoms with Crippen LogP contribution in [0.15, 0.2) is 53.3 Å². The van der Waals surface area contributed by atoms with Crippen LogP contribution in [-0.2, 0) is 9.59 Å². The molecule has 0 aliphatic heterocycles. The highest BCUT2D eigenvalue weighted by Gasteiger charge is 2.21. The Kier molecular flexibility index (Phi) is 6.56. The van der Waals surface area contributed by atoms with E-state index in [0.717, 1.165) is 15.8 Å². The van der Waals surface area contributed by atoms with Crippen molar-refractivity contribution in [3.63, 3.8) is 0 Å². The number of carbonyl (C=O) groups is 2. The molecule has 0 saturated heterocycles. The van der Waals surface area contributed by atoms with Crippen LogP contribution in [0.1, 0.15) is 31.0 Å². The van der Waals surface area contributed by atoms with Gasteiger partial charge in [0, 0.05) is 23.2 Å². The van der Waals surface area contributed by atoms with Crippen LogP contribution in [-0.4, -0.2) is 21.6 Å². The van der Waals surface area contributed by atoms with Crippen LogP contribution >= 0.6 is 11.6 Å². The number of rotatable bonds is 5. The molecule has 0 bridgehead atoms. The zero-order valence-corrected chi connectivity index (χ0v) is 18.4. The van der Waals surface area contributed by atoms with Crippen molar-refractivity contribution in [1.29, 1.82) is 0 Å². The molecule has 0 radical (unpaired) electrons. The lowest BCUT2D eigenvalue weighted by molar-refractivity contribution is -0.119. The Morgan fingerprint density at radius 1 is 1.00 bits per heavy atom. The SMILES string of the molecule is CC(=O)Nc1cc(-c2ccc(Cl)cc2)nn(C(C)C(=O)Nc2cc(C)ccc2C)c1=O. The molecule has 7 nitrogen and oxygen atoms in total. The van der Waals surface area contributed by atoms with Crippen LogP contribution < -0.4 is 16.2 Å². The summed E-state index contributed by atoms with van der Waals surface area (Å²) in [5, 5.41) is 10.3. The van der Waals surface area contributed by atoms with E-state index in [1.54, 1.807) is 31.2 Å². The van der Waals surface area contributed by atoms with Gasteiger partial charge in [-0.1, -0.05) is 35.9 Å². The Morgan fingerprint density at radius 2 is 1.68 bits per heavy atom. The molecule has 160 valence electrons. The summed E-state index contributed by atoms with van der Waals surface area (Å²) in [7, 11) is 0. The summed E-state index contributed by atoms with van der Waals surface area (Å²) in [5.41, 5.74) is 3.15. The maximum atomic E-state index is 12.9. The van der Waals surface area contributed by atoms with Crippen molar-refractivity contribution < 1.29 is 9.59 Å². The summed E-state index contributed by atoms with van der Waals surface area (Å²) in [6.45, 7) is 6.71. The van der Waals surface area contributed by atoms with Gasteiger partial charge in [0.05, 0.1) is 5.69 Å². The third-order valence-electron chi connectivity index (χ3n) is 4.78. The number of nitrogens with one attached hydrogen (secondary N) is 2. The number of anilines is 2. The highest BCUT2D eigenvalue weighted by Crippen LogP contribution is 2.22. The molecular formula is C23H23ClN4O3. The lowest BCUT2D eigenvalue weighted by Gasteiger charge is -2.18. The first-order valence-electron chi connectivity index (χ1n) is 9.71. The van der Waals surface area contributed by atoms with Crippen molar-refractivity contribution in [2.45, 2.75) is 33.7 Å². The molecule has 2 aromatic carbocycles. The van der Waals surface area contributed by atoms with E-state index >= 15 is 0 Å². The fraction of sp³-hybridized carbons (Fsp3) is 0.217. The van der Waals surface area contributed by atoms with E-state index < -0.39 is 23.4 Å². The lowest BCUT2D eigenvalue weighted by atomic mass is 10.1. The van der Waals surface area contributed by atoms with Crippen molar-refractivity contribution in [3.8, 4) is 11.3 Å². The average Bonchev–Trinajstić information content (AvgIpc) is 2.72. The average molecular weight is 439 g/mol. The molecule has 0 spiro atoms. The van der Waals surface area contributed by atoms with Crippen LogP contribution in [0.2, 0.25) is 5.02 Å². The van der Waals surface area contributed by atoms with Gasteiger partial charge in [0.15, 0.2) is 0 Å². The Hall–Kier alpha value is -3.45. The standard InChI is InChI=1S/C23H23ClN4O3/c1-13-5-6-14(2)19(11-13)26-22(30)15(3)28-23(31)21(25-16(4)29)12-20(27-28)17-7-9-18(24)10-8-17/h5-12,15H,1-4H3,(H,25,29)(H,26,30). The van der Waals surface area contributed by atoms with E-state index in [4.69, 9.17) is 11.6 Å². The topological polar surface area (TPSA) is 93.1 Å². The molecular weight excluding hydrogens is 416 g/mol. The molecule has 1 unspecified atom stereocenters. The summed E-state index contributed by atoms with van der Waals surface area (Å²) >= 11 is 5.96. The third-order valence-corrected chi connectivity index (χ3v) is 5.03. The molecule has 2 N–H and O–H groups in total. The first-order valence-corrected chi connectivity index (χ1v) is 10.1. The minimum absolute atomic E-state index is 0.0406. The third kappa shape index (κ3) is 5.19. The molecule has 3 rings (SSSR count). The van der Waals surface area contributed by atoms with Gasteiger partial charge in [0.2, 0.25) is 11.8 Å². The van der Waals surface area contributed by atoms with Gasteiger partial charge in [-0.25, -0.2) is 4.68 Å². The van der Waals surface area contributed by atoms with Gasteiger partial charge in [0.25, 0.3) is 5.56 Å². The number of nitrogens with zero attached hydrogens (tertiary/aromatic N) is 2. The Morgan fingerprint density at radius 3 is 2.32 bits per heavy atom. The normalized spacial score (nSPS) is 11.6. The molecule has 3 aromatic rings. The number of hydrogen-bond acceptors (Lipinski definition) is 4. The van der Waals surface area contributed by atoms with E-state index in [9.17, 15) is 14.4 Å². The number of benzene rings is 2. The van der Waals surface area contributed by atoms with Gasteiger partial charge >= 0.3 is 0 Å². The maximum Gasteiger partial charge on any atom is 0.291 e. The van der Waals surface area contributed by atoms with Gasteiger partial charge in [-0.3, -0.25) is 14.4 Å². The fourth-order valence-corrected chi connectivity index (χ4v) is 3.16. The van der Waals surface area contributed by atoms with Crippen LogP contribution in [0.4, 0.5) is 11.4 Å². The number of hydrogen-bond donors (Lipinski definition) is 2. The Bertz CT molecular complexity index is 1200. The molecule has 8 heteroatoms. The number of aryl methyl sites for hydroxylation is 2. The van der Waals surface area contributed by atoms with Crippen LogP contribution in [0.5, 0.6) is 0 Å². The largest absolute Gasteiger partial charge is 0.324 e. The maximum absolute atomic E-state index is 12.9. The summed E-state index contributed by atoms with van der Waals surface area (Å²) in [6.07, 6.45) is 0. The quantitative estimate of drug-likeness (QED) is 0.619. The predicted molar refractivity (Wildman–Crippen MR) is 123 cm³/mol. The van der Waals surface area contributed by atoms with Crippen LogP contribution in [0.25, 0.3) is 11.3 Å². The second-order valence-electron chi connectivity index (χ2n) is 7.36. The van der Waals surface area contributed by atoms with Crippen molar-refractivity contribution in [1.82, 2.24) is 9.78 Å². The summed E-state index contributed by atoms with van der Waals surface area (Å²) in [5.74, 6) is -0.797. The number of halogens is 1. The summed E-state index contributed by atoms with van der Waals surface area (Å²) in [6, 6.07) is 13.2. The second kappa shape index (κ2) is 9.14. The van der Waals surface area contributed by atoms with Crippen LogP contribution in [0.3, 0.4) is 0 Å². The molecule has 1 aromatic heterocycles. The minimum Gasteiger partial charge on any atom is -0.324 e. The van der Waals surface area contributed by atoms with E-state index in [2.05, 4.69) is 15.7 Å². The first kappa shape index (κ1) is 22.2. The van der Waals surface area contributed by atoms with Gasteiger partial charge < -0.3 is 10.6 Å². The number of amides is 2. The van der Waals surface area contributed by atoms with Crippen molar-refractivity contribution >= 4 is 34.8 Å². The monoisotopic (exact) mass is 438 g/mol. The molecule has 0 saturated carbocycles. The fourth-order valence-electron chi connectivity index (χ4n) is 3.03. The zero-order valence-electron chi connectivity index (χ0n) is 17.7.